The van der Waals surface area contributed by atoms with Crippen molar-refractivity contribution in [3.63, 3.8) is 0 Å². The van der Waals surface area contributed by atoms with Crippen LogP contribution in [-0.2, 0) is 11.3 Å². The highest BCUT2D eigenvalue weighted by molar-refractivity contribution is 6.33. The van der Waals surface area contributed by atoms with Crippen LogP contribution in [-0.4, -0.2) is 23.2 Å². The fraction of sp³-hybridized carbons (Fsp3) is 0.250. The molecule has 0 saturated heterocycles. The molecule has 0 saturated carbocycles. The highest BCUT2D eigenvalue weighted by Gasteiger charge is 2.11. The minimum Gasteiger partial charge on any atom is -0.465 e. The molecule has 1 rings (SSSR count). The van der Waals surface area contributed by atoms with Gasteiger partial charge in [-0.05, 0) is 6.07 Å². The number of nitrogens with zero attached hydrogens (tertiary/aromatic N) is 1. The van der Waals surface area contributed by atoms with E-state index < -0.39 is 5.97 Å². The van der Waals surface area contributed by atoms with E-state index in [0.717, 1.165) is 0 Å². The van der Waals surface area contributed by atoms with Crippen LogP contribution in [0.5, 0.6) is 0 Å². The number of hydrogen-bond donors (Lipinski definition) is 1. The molecule has 4 nitrogen and oxygen atoms in total. The van der Waals surface area contributed by atoms with Crippen molar-refractivity contribution in [3.8, 4) is 0 Å². The Kier molecular flexibility index (Phi) is 3.22. The highest BCUT2D eigenvalue weighted by atomic mass is 35.5. The van der Waals surface area contributed by atoms with Gasteiger partial charge in [0.2, 0.25) is 0 Å². The van der Waals surface area contributed by atoms with Gasteiger partial charge in [0.25, 0.3) is 0 Å². The lowest BCUT2D eigenvalue weighted by Gasteiger charge is -2.02. The summed E-state index contributed by atoms with van der Waals surface area (Å²) in [6.07, 6.45) is 1.30. The molecule has 0 unspecified atom stereocenters. The lowest BCUT2D eigenvalue weighted by molar-refractivity contribution is 0.0600. The van der Waals surface area contributed by atoms with E-state index in [1.807, 2.05) is 0 Å². The number of rotatable bonds is 2. The second kappa shape index (κ2) is 4.20. The molecule has 1 aromatic heterocycles. The number of esters is 1. The summed E-state index contributed by atoms with van der Waals surface area (Å²) in [5.41, 5.74) is 0.591. The van der Waals surface area contributed by atoms with Crippen molar-refractivity contribution in [3.05, 3.63) is 28.5 Å². The zero-order chi connectivity index (χ0) is 9.84. The molecule has 0 atom stereocenters. The van der Waals surface area contributed by atoms with Crippen LogP contribution in [0.15, 0.2) is 12.3 Å². The van der Waals surface area contributed by atoms with Gasteiger partial charge in [0.05, 0.1) is 30.0 Å². The van der Waals surface area contributed by atoms with Crippen molar-refractivity contribution in [2.24, 2.45) is 0 Å². The van der Waals surface area contributed by atoms with E-state index in [4.69, 9.17) is 16.7 Å². The Bertz CT molecular complexity index is 327. The summed E-state index contributed by atoms with van der Waals surface area (Å²) < 4.78 is 4.48. The van der Waals surface area contributed by atoms with E-state index in [9.17, 15) is 4.79 Å². The van der Waals surface area contributed by atoms with E-state index in [1.165, 1.54) is 19.4 Å². The summed E-state index contributed by atoms with van der Waals surface area (Å²) in [4.78, 5) is 14.9. The topological polar surface area (TPSA) is 59.4 Å². The lowest BCUT2D eigenvalue weighted by atomic mass is 10.2. The molecule has 0 bridgehead atoms. The number of aliphatic hydroxyl groups is 1. The number of halogens is 1. The summed E-state index contributed by atoms with van der Waals surface area (Å²) >= 11 is 5.68. The summed E-state index contributed by atoms with van der Waals surface area (Å²) in [6, 6.07) is 1.40. The third-order valence-corrected chi connectivity index (χ3v) is 1.78. The first kappa shape index (κ1) is 9.95. The largest absolute Gasteiger partial charge is 0.465 e. The monoisotopic (exact) mass is 201 g/mol. The van der Waals surface area contributed by atoms with E-state index in [-0.39, 0.29) is 17.2 Å². The molecular weight excluding hydrogens is 194 g/mol. The van der Waals surface area contributed by atoms with E-state index >= 15 is 0 Å². The lowest BCUT2D eigenvalue weighted by Crippen LogP contribution is -2.04. The van der Waals surface area contributed by atoms with E-state index in [1.54, 1.807) is 0 Å². The Morgan fingerprint density at radius 2 is 2.46 bits per heavy atom. The molecule has 0 aromatic carbocycles. The number of aromatic nitrogens is 1. The van der Waals surface area contributed by atoms with E-state index in [0.29, 0.717) is 5.69 Å². The van der Waals surface area contributed by atoms with Gasteiger partial charge in [-0.1, -0.05) is 11.6 Å². The maximum absolute atomic E-state index is 11.1. The minimum absolute atomic E-state index is 0.211. The molecule has 0 aliphatic heterocycles. The average Bonchev–Trinajstić information content (AvgIpc) is 2.17. The molecule has 13 heavy (non-hydrogen) atoms. The summed E-state index contributed by atoms with van der Waals surface area (Å²) in [6.45, 7) is -0.235. The van der Waals surface area contributed by atoms with Gasteiger partial charge in [-0.15, -0.1) is 0 Å². The summed E-state index contributed by atoms with van der Waals surface area (Å²) in [5.74, 6) is -0.540. The van der Waals surface area contributed by atoms with Crippen molar-refractivity contribution in [2.45, 2.75) is 6.61 Å². The van der Waals surface area contributed by atoms with Crippen LogP contribution in [0, 0.1) is 0 Å². The van der Waals surface area contributed by atoms with Crippen LogP contribution in [0.25, 0.3) is 0 Å². The molecule has 0 aliphatic carbocycles. The number of pyridine rings is 1. The summed E-state index contributed by atoms with van der Waals surface area (Å²) in [5, 5.41) is 8.96. The average molecular weight is 202 g/mol. The Morgan fingerprint density at radius 3 is 3.00 bits per heavy atom. The molecule has 0 amide bonds. The van der Waals surface area contributed by atoms with Crippen LogP contribution in [0.3, 0.4) is 0 Å². The molecule has 0 radical (unpaired) electrons. The zero-order valence-electron chi connectivity index (χ0n) is 6.95. The molecule has 1 aromatic rings. The van der Waals surface area contributed by atoms with Gasteiger partial charge in [0.15, 0.2) is 0 Å². The fourth-order valence-corrected chi connectivity index (χ4v) is 1.02. The van der Waals surface area contributed by atoms with Crippen molar-refractivity contribution in [1.82, 2.24) is 4.98 Å². The Hall–Kier alpha value is -1.13. The van der Waals surface area contributed by atoms with Gasteiger partial charge in [0.1, 0.15) is 0 Å². The second-order valence-electron chi connectivity index (χ2n) is 2.31. The Labute approximate surface area is 80.1 Å². The number of hydrogen-bond acceptors (Lipinski definition) is 4. The number of carbonyl (C=O) groups excluding carboxylic acids is 1. The minimum atomic E-state index is -0.540. The molecule has 0 spiro atoms. The van der Waals surface area contributed by atoms with Crippen molar-refractivity contribution in [2.75, 3.05) is 7.11 Å². The summed E-state index contributed by atoms with van der Waals surface area (Å²) in [7, 11) is 1.26. The number of carbonyl (C=O) groups is 1. The van der Waals surface area contributed by atoms with Crippen LogP contribution in [0.4, 0.5) is 0 Å². The van der Waals surface area contributed by atoms with Gasteiger partial charge >= 0.3 is 5.97 Å². The van der Waals surface area contributed by atoms with E-state index in [2.05, 4.69) is 9.72 Å². The molecule has 0 aliphatic rings. The predicted octanol–water partition coefficient (Wildman–Crippen LogP) is 1.01. The smallest absolute Gasteiger partial charge is 0.339 e. The molecule has 0 fully saturated rings. The maximum atomic E-state index is 11.1. The van der Waals surface area contributed by atoms with Gasteiger partial charge in [-0.3, -0.25) is 4.98 Å². The molecule has 1 heterocycles. The third-order valence-electron chi connectivity index (χ3n) is 1.48. The van der Waals surface area contributed by atoms with Gasteiger partial charge in [-0.25, -0.2) is 4.79 Å². The maximum Gasteiger partial charge on any atom is 0.339 e. The van der Waals surface area contributed by atoms with Gasteiger partial charge < -0.3 is 9.84 Å². The number of methoxy groups -OCH3 is 1. The van der Waals surface area contributed by atoms with Crippen molar-refractivity contribution >= 4 is 17.6 Å². The van der Waals surface area contributed by atoms with Crippen molar-refractivity contribution in [1.29, 1.82) is 0 Å². The molecular formula is C8H8ClNO3. The molecule has 70 valence electrons. The van der Waals surface area contributed by atoms with Crippen LogP contribution in [0.2, 0.25) is 5.02 Å². The first-order valence-electron chi connectivity index (χ1n) is 3.52. The SMILES string of the molecule is COC(=O)c1cc(CO)ncc1Cl. The fourth-order valence-electron chi connectivity index (χ4n) is 0.835. The second-order valence-corrected chi connectivity index (χ2v) is 2.71. The number of aliphatic hydroxyl groups excluding tert-OH is 1. The molecule has 1 N–H and O–H groups in total. The number of ether oxygens (including phenoxy) is 1. The first-order valence-corrected chi connectivity index (χ1v) is 3.90. The Balaban J connectivity index is 3.11. The third kappa shape index (κ3) is 2.17. The van der Waals surface area contributed by atoms with Crippen LogP contribution < -0.4 is 0 Å². The Morgan fingerprint density at radius 1 is 1.77 bits per heavy atom. The standard InChI is InChI=1S/C8H8ClNO3/c1-13-8(12)6-2-5(4-11)10-3-7(6)9/h2-3,11H,4H2,1H3. The highest BCUT2D eigenvalue weighted by Crippen LogP contribution is 2.16. The van der Waals surface area contributed by atoms with Gasteiger partial charge in [0, 0.05) is 6.20 Å². The zero-order valence-corrected chi connectivity index (χ0v) is 7.71. The van der Waals surface area contributed by atoms with Crippen LogP contribution >= 0.6 is 11.6 Å². The first-order chi connectivity index (χ1) is 6.19. The molecule has 5 heteroatoms. The normalized spacial score (nSPS) is 9.77. The predicted molar refractivity (Wildman–Crippen MR) is 46.5 cm³/mol. The van der Waals surface area contributed by atoms with Crippen molar-refractivity contribution < 1.29 is 14.6 Å². The quantitative estimate of drug-likeness (QED) is 0.726. The van der Waals surface area contributed by atoms with Crippen LogP contribution in [0.1, 0.15) is 16.1 Å². The van der Waals surface area contributed by atoms with Gasteiger partial charge in [-0.2, -0.15) is 0 Å².